The number of amides is 1. The molecule has 0 radical (unpaired) electrons. The summed E-state index contributed by atoms with van der Waals surface area (Å²) in [4.78, 5) is 31.8. The summed E-state index contributed by atoms with van der Waals surface area (Å²) in [5.74, 6) is 0.00244. The summed E-state index contributed by atoms with van der Waals surface area (Å²) in [7, 11) is 1.54. The normalized spacial score (nSPS) is 11.1. The molecule has 3 aromatic rings. The van der Waals surface area contributed by atoms with Crippen molar-refractivity contribution >= 4 is 28.9 Å². The van der Waals surface area contributed by atoms with E-state index in [2.05, 4.69) is 20.6 Å². The van der Waals surface area contributed by atoms with Gasteiger partial charge in [0, 0.05) is 30.2 Å². The number of anilines is 1. The Balaban J connectivity index is 1.70. The number of carbonyl (C=O) groups is 2. The standard InChI is InChI=1S/C23H26N4O5/c1-23(2,3)32-22(30)25-10-9-24-21-26-13-16-11-14(5-7-18(16)27-21)17-12-15(20(28)29)6-8-19(17)31-4/h5-8,11-13H,9-10H2,1-4H3,(H,25,30)(H,28,29)(H,24,26,27). The highest BCUT2D eigenvalue weighted by Gasteiger charge is 2.15. The number of carboxylic acid groups (broad SMARTS) is 1. The number of carboxylic acids is 1. The van der Waals surface area contributed by atoms with Gasteiger partial charge >= 0.3 is 12.1 Å². The summed E-state index contributed by atoms with van der Waals surface area (Å²) < 4.78 is 10.6. The van der Waals surface area contributed by atoms with Crippen LogP contribution < -0.4 is 15.4 Å². The number of hydrogen-bond acceptors (Lipinski definition) is 7. The van der Waals surface area contributed by atoms with Crippen LogP contribution in [0.3, 0.4) is 0 Å². The lowest BCUT2D eigenvalue weighted by Crippen LogP contribution is -2.35. The van der Waals surface area contributed by atoms with Crippen LogP contribution in [0.15, 0.2) is 42.6 Å². The van der Waals surface area contributed by atoms with Crippen molar-refractivity contribution in [1.82, 2.24) is 15.3 Å². The smallest absolute Gasteiger partial charge is 0.407 e. The predicted molar refractivity (Wildman–Crippen MR) is 121 cm³/mol. The van der Waals surface area contributed by atoms with E-state index in [-0.39, 0.29) is 5.56 Å². The second-order valence-corrected chi connectivity index (χ2v) is 8.04. The van der Waals surface area contributed by atoms with Gasteiger partial charge < -0.3 is 25.2 Å². The first-order valence-electron chi connectivity index (χ1n) is 10.1. The quantitative estimate of drug-likeness (QED) is 0.474. The van der Waals surface area contributed by atoms with Gasteiger partial charge in [-0.3, -0.25) is 0 Å². The molecular formula is C23H26N4O5. The SMILES string of the molecule is COc1ccc(C(=O)O)cc1-c1ccc2nc(NCCNC(=O)OC(C)(C)C)ncc2c1. The van der Waals surface area contributed by atoms with Crippen molar-refractivity contribution in [3.8, 4) is 16.9 Å². The Morgan fingerprint density at radius 1 is 1.09 bits per heavy atom. The zero-order chi connectivity index (χ0) is 23.3. The third-order valence-electron chi connectivity index (χ3n) is 4.41. The highest BCUT2D eigenvalue weighted by molar-refractivity contribution is 5.92. The van der Waals surface area contributed by atoms with Gasteiger partial charge in [0.1, 0.15) is 11.4 Å². The number of methoxy groups -OCH3 is 1. The summed E-state index contributed by atoms with van der Waals surface area (Å²) in [5.41, 5.74) is 1.82. The highest BCUT2D eigenvalue weighted by Crippen LogP contribution is 2.32. The van der Waals surface area contributed by atoms with Crippen LogP contribution >= 0.6 is 0 Å². The summed E-state index contributed by atoms with van der Waals surface area (Å²) in [6.45, 7) is 6.20. The van der Waals surface area contributed by atoms with Gasteiger partial charge in [-0.1, -0.05) is 6.07 Å². The van der Waals surface area contributed by atoms with Crippen LogP contribution in [0.4, 0.5) is 10.7 Å². The maximum atomic E-state index is 11.7. The molecule has 2 aromatic carbocycles. The fourth-order valence-corrected chi connectivity index (χ4v) is 3.01. The van der Waals surface area contributed by atoms with Crippen LogP contribution in [0.5, 0.6) is 5.75 Å². The molecule has 9 heteroatoms. The van der Waals surface area contributed by atoms with Gasteiger partial charge in [0.2, 0.25) is 5.95 Å². The number of fused-ring (bicyclic) bond motifs is 1. The summed E-state index contributed by atoms with van der Waals surface area (Å²) in [6, 6.07) is 10.3. The number of aromatic nitrogens is 2. The van der Waals surface area contributed by atoms with Crippen molar-refractivity contribution in [1.29, 1.82) is 0 Å². The van der Waals surface area contributed by atoms with E-state index >= 15 is 0 Å². The third-order valence-corrected chi connectivity index (χ3v) is 4.41. The highest BCUT2D eigenvalue weighted by atomic mass is 16.6. The summed E-state index contributed by atoms with van der Waals surface area (Å²) in [5, 5.41) is 15.8. The molecule has 0 aliphatic heterocycles. The van der Waals surface area contributed by atoms with Crippen LogP contribution in [0.25, 0.3) is 22.0 Å². The molecule has 0 saturated heterocycles. The first kappa shape index (κ1) is 22.8. The van der Waals surface area contributed by atoms with E-state index in [1.54, 1.807) is 46.2 Å². The maximum absolute atomic E-state index is 11.7. The molecule has 1 heterocycles. The number of alkyl carbamates (subject to hydrolysis) is 1. The Bertz CT molecular complexity index is 1140. The van der Waals surface area contributed by atoms with Crippen LogP contribution in [-0.2, 0) is 4.74 Å². The van der Waals surface area contributed by atoms with Crippen molar-refractivity contribution in [3.05, 3.63) is 48.2 Å². The molecule has 0 spiro atoms. The van der Waals surface area contributed by atoms with Crippen LogP contribution in [0.1, 0.15) is 31.1 Å². The summed E-state index contributed by atoms with van der Waals surface area (Å²) >= 11 is 0. The number of nitrogens with zero attached hydrogens (tertiary/aromatic N) is 2. The number of rotatable bonds is 7. The lowest BCUT2D eigenvalue weighted by atomic mass is 10.0. The molecule has 32 heavy (non-hydrogen) atoms. The number of hydrogen-bond donors (Lipinski definition) is 3. The van der Waals surface area contributed by atoms with Gasteiger partial charge in [0.05, 0.1) is 18.2 Å². The average molecular weight is 438 g/mol. The van der Waals surface area contributed by atoms with Crippen LogP contribution in [0.2, 0.25) is 0 Å². The number of aromatic carboxylic acids is 1. The van der Waals surface area contributed by atoms with E-state index in [0.29, 0.717) is 30.4 Å². The lowest BCUT2D eigenvalue weighted by molar-refractivity contribution is 0.0529. The van der Waals surface area contributed by atoms with E-state index in [0.717, 1.165) is 16.5 Å². The number of ether oxygens (including phenoxy) is 2. The van der Waals surface area contributed by atoms with Gasteiger partial charge in [-0.05, 0) is 56.7 Å². The first-order chi connectivity index (χ1) is 15.2. The molecule has 0 unspecified atom stereocenters. The lowest BCUT2D eigenvalue weighted by Gasteiger charge is -2.19. The van der Waals surface area contributed by atoms with Gasteiger partial charge in [-0.2, -0.15) is 0 Å². The molecule has 168 valence electrons. The number of benzene rings is 2. The fraction of sp³-hybridized carbons (Fsp3) is 0.304. The van der Waals surface area contributed by atoms with Gasteiger partial charge in [0.25, 0.3) is 0 Å². The minimum atomic E-state index is -1.00. The van der Waals surface area contributed by atoms with Crippen molar-refractivity contribution < 1.29 is 24.2 Å². The molecule has 1 amide bonds. The van der Waals surface area contributed by atoms with E-state index in [9.17, 15) is 14.7 Å². The molecule has 9 nitrogen and oxygen atoms in total. The van der Waals surface area contributed by atoms with E-state index in [1.807, 2.05) is 18.2 Å². The van der Waals surface area contributed by atoms with Gasteiger partial charge in [0.15, 0.2) is 0 Å². The van der Waals surface area contributed by atoms with Crippen LogP contribution in [0, 0.1) is 0 Å². The molecule has 0 aliphatic carbocycles. The number of carbonyl (C=O) groups excluding carboxylic acids is 1. The second-order valence-electron chi connectivity index (χ2n) is 8.04. The minimum absolute atomic E-state index is 0.177. The fourth-order valence-electron chi connectivity index (χ4n) is 3.01. The third kappa shape index (κ3) is 5.84. The van der Waals surface area contributed by atoms with Crippen molar-refractivity contribution in [2.75, 3.05) is 25.5 Å². The zero-order valence-corrected chi connectivity index (χ0v) is 18.4. The number of nitrogens with one attached hydrogen (secondary N) is 2. The molecule has 3 N–H and O–H groups in total. The molecule has 3 rings (SSSR count). The Morgan fingerprint density at radius 2 is 1.88 bits per heavy atom. The van der Waals surface area contributed by atoms with Gasteiger partial charge in [-0.25, -0.2) is 19.6 Å². The molecule has 0 saturated carbocycles. The topological polar surface area (TPSA) is 123 Å². The molecule has 0 bridgehead atoms. The maximum Gasteiger partial charge on any atom is 0.407 e. The first-order valence-corrected chi connectivity index (χ1v) is 10.1. The van der Waals surface area contributed by atoms with Gasteiger partial charge in [-0.15, -0.1) is 0 Å². The van der Waals surface area contributed by atoms with Crippen molar-refractivity contribution in [3.63, 3.8) is 0 Å². The zero-order valence-electron chi connectivity index (χ0n) is 18.4. The van der Waals surface area contributed by atoms with Crippen LogP contribution in [-0.4, -0.2) is 52.9 Å². The van der Waals surface area contributed by atoms with E-state index < -0.39 is 17.7 Å². The molecule has 0 fully saturated rings. The molecule has 1 aromatic heterocycles. The Hall–Kier alpha value is -3.88. The van der Waals surface area contributed by atoms with E-state index in [1.165, 1.54) is 6.07 Å². The molecule has 0 aliphatic rings. The monoisotopic (exact) mass is 438 g/mol. The predicted octanol–water partition coefficient (Wildman–Crippen LogP) is 3.94. The summed E-state index contributed by atoms with van der Waals surface area (Å²) in [6.07, 6.45) is 1.21. The Labute approximate surface area is 185 Å². The Morgan fingerprint density at radius 3 is 2.56 bits per heavy atom. The molecular weight excluding hydrogens is 412 g/mol. The van der Waals surface area contributed by atoms with E-state index in [4.69, 9.17) is 9.47 Å². The Kier molecular flexibility index (Phi) is 6.77. The van der Waals surface area contributed by atoms with Crippen molar-refractivity contribution in [2.24, 2.45) is 0 Å². The minimum Gasteiger partial charge on any atom is -0.496 e. The average Bonchev–Trinajstić information content (AvgIpc) is 2.74. The van der Waals surface area contributed by atoms with Crippen molar-refractivity contribution in [2.45, 2.75) is 26.4 Å². The second kappa shape index (κ2) is 9.51. The molecule has 0 atom stereocenters. The largest absolute Gasteiger partial charge is 0.496 e.